The van der Waals surface area contributed by atoms with E-state index in [0.717, 1.165) is 42.2 Å². The molecule has 0 unspecified atom stereocenters. The number of ether oxygens (including phenoxy) is 2. The van der Waals surface area contributed by atoms with Gasteiger partial charge in [-0.1, -0.05) is 0 Å². The van der Waals surface area contributed by atoms with Gasteiger partial charge in [0.15, 0.2) is 5.76 Å². The van der Waals surface area contributed by atoms with E-state index in [2.05, 4.69) is 5.32 Å². The van der Waals surface area contributed by atoms with Crippen molar-refractivity contribution < 1.29 is 23.5 Å². The molecule has 1 saturated carbocycles. The SMILES string of the molecule is CSC(=N)c1ccc2oc(C(=O)NC3CCC(OCC(=O)OC(C)(C)C)CC3)c(C)c2c1. The van der Waals surface area contributed by atoms with E-state index in [0.29, 0.717) is 16.4 Å². The minimum Gasteiger partial charge on any atom is -0.458 e. The molecule has 1 aromatic heterocycles. The number of fused-ring (bicyclic) bond motifs is 1. The molecule has 1 fully saturated rings. The molecule has 1 aliphatic rings. The normalized spacial score (nSPS) is 19.0. The van der Waals surface area contributed by atoms with Crippen molar-refractivity contribution in [1.29, 1.82) is 5.41 Å². The number of benzene rings is 1. The van der Waals surface area contributed by atoms with E-state index >= 15 is 0 Å². The molecule has 0 saturated heterocycles. The van der Waals surface area contributed by atoms with Crippen molar-refractivity contribution >= 4 is 39.7 Å². The lowest BCUT2D eigenvalue weighted by molar-refractivity contribution is -0.162. The third kappa shape index (κ3) is 6.13. The van der Waals surface area contributed by atoms with E-state index in [1.165, 1.54) is 11.8 Å². The molecule has 0 radical (unpaired) electrons. The highest BCUT2D eigenvalue weighted by Gasteiger charge is 2.27. The van der Waals surface area contributed by atoms with Crippen molar-refractivity contribution in [2.75, 3.05) is 12.9 Å². The molecular weight excluding hydrogens is 428 g/mol. The first-order valence-electron chi connectivity index (χ1n) is 10.9. The summed E-state index contributed by atoms with van der Waals surface area (Å²) in [7, 11) is 0. The van der Waals surface area contributed by atoms with Crippen LogP contribution in [0, 0.1) is 12.3 Å². The average Bonchev–Trinajstić information content (AvgIpc) is 3.07. The van der Waals surface area contributed by atoms with Gasteiger partial charge in [-0.25, -0.2) is 4.79 Å². The van der Waals surface area contributed by atoms with Crippen LogP contribution < -0.4 is 5.32 Å². The topological polar surface area (TPSA) is 102 Å². The number of esters is 1. The maximum absolute atomic E-state index is 12.9. The van der Waals surface area contributed by atoms with Crippen LogP contribution in [-0.4, -0.2) is 47.5 Å². The van der Waals surface area contributed by atoms with Crippen molar-refractivity contribution in [2.24, 2.45) is 0 Å². The maximum Gasteiger partial charge on any atom is 0.332 e. The molecular formula is C24H32N2O5S. The summed E-state index contributed by atoms with van der Waals surface area (Å²) in [6.07, 6.45) is 4.96. The number of carbonyl (C=O) groups is 2. The zero-order chi connectivity index (χ0) is 23.5. The lowest BCUT2D eigenvalue weighted by atomic mass is 9.93. The zero-order valence-electron chi connectivity index (χ0n) is 19.4. The number of furan rings is 1. The molecule has 8 heteroatoms. The standard InChI is InChI=1S/C24H32N2O5S/c1-14-18-12-15(22(25)32-5)6-11-19(18)30-21(14)23(28)26-16-7-9-17(10-8-16)29-13-20(27)31-24(2,3)4/h6,11-12,16-17,25H,7-10,13H2,1-5H3,(H,26,28). The van der Waals surface area contributed by atoms with Crippen LogP contribution in [0.1, 0.15) is 68.1 Å². The van der Waals surface area contributed by atoms with Crippen LogP contribution in [0.3, 0.4) is 0 Å². The summed E-state index contributed by atoms with van der Waals surface area (Å²) in [5.74, 6) is -0.265. The highest BCUT2D eigenvalue weighted by atomic mass is 32.2. The minimum atomic E-state index is -0.518. The first-order chi connectivity index (χ1) is 15.1. The fourth-order valence-electron chi connectivity index (χ4n) is 3.88. The van der Waals surface area contributed by atoms with E-state index in [-0.39, 0.29) is 30.6 Å². The molecule has 2 N–H and O–H groups in total. The molecule has 7 nitrogen and oxygen atoms in total. The average molecular weight is 461 g/mol. The van der Waals surface area contributed by atoms with Gasteiger partial charge in [-0.2, -0.15) is 0 Å². The highest BCUT2D eigenvalue weighted by molar-refractivity contribution is 8.13. The van der Waals surface area contributed by atoms with Crippen LogP contribution in [0.5, 0.6) is 0 Å². The van der Waals surface area contributed by atoms with E-state index in [1.54, 1.807) is 0 Å². The largest absolute Gasteiger partial charge is 0.458 e. The van der Waals surface area contributed by atoms with E-state index in [1.807, 2.05) is 52.1 Å². The number of rotatable bonds is 6. The monoisotopic (exact) mass is 460 g/mol. The lowest BCUT2D eigenvalue weighted by Crippen LogP contribution is -2.39. The molecule has 2 aromatic rings. The van der Waals surface area contributed by atoms with E-state index < -0.39 is 5.60 Å². The van der Waals surface area contributed by atoms with Gasteiger partial charge in [-0.15, -0.1) is 11.8 Å². The Kier molecular flexibility index (Phi) is 7.67. The number of nitrogens with one attached hydrogen (secondary N) is 2. The fourth-order valence-corrected chi connectivity index (χ4v) is 4.24. The lowest BCUT2D eigenvalue weighted by Gasteiger charge is -2.29. The molecule has 174 valence electrons. The summed E-state index contributed by atoms with van der Waals surface area (Å²) in [5, 5.41) is 12.4. The van der Waals surface area contributed by atoms with Crippen molar-refractivity contribution in [3.8, 4) is 0 Å². The zero-order valence-corrected chi connectivity index (χ0v) is 20.2. The summed E-state index contributed by atoms with van der Waals surface area (Å²) in [6, 6.07) is 5.59. The van der Waals surface area contributed by atoms with Gasteiger partial charge in [0.05, 0.1) is 11.1 Å². The van der Waals surface area contributed by atoms with Gasteiger partial charge in [0, 0.05) is 22.6 Å². The number of thioether (sulfide) groups is 1. The molecule has 1 heterocycles. The first kappa shape index (κ1) is 24.3. The Morgan fingerprint density at radius 2 is 1.91 bits per heavy atom. The maximum atomic E-state index is 12.9. The predicted octanol–water partition coefficient (Wildman–Crippen LogP) is 4.83. The van der Waals surface area contributed by atoms with Crippen molar-refractivity contribution in [3.63, 3.8) is 0 Å². The first-order valence-corrected chi connectivity index (χ1v) is 12.1. The third-order valence-corrected chi connectivity index (χ3v) is 6.12. The molecule has 1 amide bonds. The second-order valence-electron chi connectivity index (χ2n) is 9.14. The predicted molar refractivity (Wildman–Crippen MR) is 127 cm³/mol. The van der Waals surface area contributed by atoms with Crippen LogP contribution in [0.2, 0.25) is 0 Å². The Hall–Kier alpha value is -2.32. The summed E-state index contributed by atoms with van der Waals surface area (Å²) >= 11 is 1.37. The molecule has 0 aliphatic heterocycles. The van der Waals surface area contributed by atoms with Gasteiger partial charge in [0.1, 0.15) is 17.8 Å². The smallest absolute Gasteiger partial charge is 0.332 e. The van der Waals surface area contributed by atoms with Gasteiger partial charge in [0.25, 0.3) is 5.91 Å². The minimum absolute atomic E-state index is 0.00576. The Morgan fingerprint density at radius 3 is 2.53 bits per heavy atom. The Balaban J connectivity index is 1.54. The number of aryl methyl sites for hydroxylation is 1. The van der Waals surface area contributed by atoms with Gasteiger partial charge in [-0.05, 0) is 77.8 Å². The number of hydrogen-bond acceptors (Lipinski definition) is 7. The molecule has 3 rings (SSSR count). The number of hydrogen-bond donors (Lipinski definition) is 2. The third-order valence-electron chi connectivity index (χ3n) is 5.48. The van der Waals surface area contributed by atoms with Crippen molar-refractivity contribution in [2.45, 2.75) is 71.1 Å². The van der Waals surface area contributed by atoms with Crippen molar-refractivity contribution in [3.05, 3.63) is 35.1 Å². The van der Waals surface area contributed by atoms with Gasteiger partial charge >= 0.3 is 5.97 Å². The molecule has 0 spiro atoms. The van der Waals surface area contributed by atoms with Gasteiger partial charge in [-0.3, -0.25) is 10.2 Å². The Morgan fingerprint density at radius 1 is 1.22 bits per heavy atom. The van der Waals surface area contributed by atoms with Gasteiger partial charge in [0.2, 0.25) is 0 Å². The van der Waals surface area contributed by atoms with E-state index in [4.69, 9.17) is 19.3 Å². The summed E-state index contributed by atoms with van der Waals surface area (Å²) < 4.78 is 16.8. The molecule has 0 bridgehead atoms. The molecule has 1 aliphatic carbocycles. The van der Waals surface area contributed by atoms with Crippen molar-refractivity contribution in [1.82, 2.24) is 5.32 Å². The summed E-state index contributed by atoms with van der Waals surface area (Å²) in [4.78, 5) is 24.7. The summed E-state index contributed by atoms with van der Waals surface area (Å²) in [5.41, 5.74) is 1.72. The Bertz CT molecular complexity index is 1000. The summed E-state index contributed by atoms with van der Waals surface area (Å²) in [6.45, 7) is 7.31. The van der Waals surface area contributed by atoms with Crippen LogP contribution in [0.15, 0.2) is 22.6 Å². The molecule has 0 atom stereocenters. The van der Waals surface area contributed by atoms with Gasteiger partial charge < -0.3 is 19.2 Å². The highest BCUT2D eigenvalue weighted by Crippen LogP contribution is 2.28. The number of carbonyl (C=O) groups excluding carboxylic acids is 2. The molecule has 1 aromatic carbocycles. The van der Waals surface area contributed by atoms with Crippen LogP contribution in [-0.2, 0) is 14.3 Å². The molecule has 32 heavy (non-hydrogen) atoms. The number of amides is 1. The van der Waals surface area contributed by atoms with Crippen LogP contribution >= 0.6 is 11.8 Å². The van der Waals surface area contributed by atoms with Crippen LogP contribution in [0.25, 0.3) is 11.0 Å². The quantitative estimate of drug-likeness (QED) is 0.364. The van der Waals surface area contributed by atoms with E-state index in [9.17, 15) is 9.59 Å². The fraction of sp³-hybridized carbons (Fsp3) is 0.542. The second-order valence-corrected chi connectivity index (χ2v) is 9.96. The second kappa shape index (κ2) is 10.1. The Labute approximate surface area is 193 Å². The van der Waals surface area contributed by atoms with Crippen LogP contribution in [0.4, 0.5) is 0 Å².